The Kier molecular flexibility index (Phi) is 7.95. The van der Waals surface area contributed by atoms with Gasteiger partial charge in [0, 0.05) is 15.1 Å². The van der Waals surface area contributed by atoms with Crippen molar-refractivity contribution in [2.24, 2.45) is 0 Å². The number of rotatable bonds is 5. The molecule has 0 aromatic heterocycles. The van der Waals surface area contributed by atoms with Gasteiger partial charge in [0.05, 0.1) is 12.8 Å². The van der Waals surface area contributed by atoms with Crippen molar-refractivity contribution in [1.29, 1.82) is 0 Å². The molecule has 0 radical (unpaired) electrons. The average Bonchev–Trinajstić information content (AvgIpc) is 2.78. The molecule has 10 heteroatoms. The first-order valence-electron chi connectivity index (χ1n) is 9.77. The van der Waals surface area contributed by atoms with Crippen LogP contribution in [0.4, 0.5) is 10.5 Å². The molecule has 0 spiro atoms. The maximum absolute atomic E-state index is 13.1. The second-order valence-electron chi connectivity index (χ2n) is 7.13. The van der Waals surface area contributed by atoms with E-state index in [-0.39, 0.29) is 5.57 Å². The van der Waals surface area contributed by atoms with E-state index < -0.39 is 17.8 Å². The monoisotopic (exact) mass is 762 g/mol. The van der Waals surface area contributed by atoms with Crippen molar-refractivity contribution in [1.82, 2.24) is 5.32 Å². The van der Waals surface area contributed by atoms with E-state index in [1.54, 1.807) is 42.5 Å². The highest BCUT2D eigenvalue weighted by Crippen LogP contribution is 2.32. The van der Waals surface area contributed by atoms with Crippen LogP contribution in [-0.4, -0.2) is 17.8 Å². The lowest BCUT2D eigenvalue weighted by atomic mass is 10.1. The number of nitrogens with one attached hydrogen (secondary N) is 1. The maximum atomic E-state index is 13.1. The summed E-state index contributed by atoms with van der Waals surface area (Å²) in [6.07, 6.45) is 1.47. The van der Waals surface area contributed by atoms with Gasteiger partial charge in [0.1, 0.15) is 17.9 Å². The molecule has 0 saturated carbocycles. The van der Waals surface area contributed by atoms with E-state index in [4.69, 9.17) is 16.3 Å². The number of halogens is 4. The number of nitrogens with zero attached hydrogens (tertiary/aromatic N) is 1. The third-order valence-electron chi connectivity index (χ3n) is 4.85. The summed E-state index contributed by atoms with van der Waals surface area (Å²) >= 11 is 13.8. The largest absolute Gasteiger partial charge is 0.487 e. The second-order valence-corrected chi connectivity index (χ2v) is 10.8. The van der Waals surface area contributed by atoms with Crippen LogP contribution in [0.5, 0.6) is 5.75 Å². The van der Waals surface area contributed by atoms with Gasteiger partial charge in [-0.15, -0.1) is 0 Å². The molecule has 3 aromatic rings. The first kappa shape index (κ1) is 25.1. The van der Waals surface area contributed by atoms with E-state index in [9.17, 15) is 14.4 Å². The predicted octanol–water partition coefficient (Wildman–Crippen LogP) is 6.56. The van der Waals surface area contributed by atoms with Gasteiger partial charge in [-0.2, -0.15) is 0 Å². The highest BCUT2D eigenvalue weighted by atomic mass is 127. The number of hydrogen-bond acceptors (Lipinski definition) is 4. The molecule has 0 atom stereocenters. The Morgan fingerprint density at radius 2 is 1.65 bits per heavy atom. The molecule has 1 saturated heterocycles. The lowest BCUT2D eigenvalue weighted by molar-refractivity contribution is -0.122. The van der Waals surface area contributed by atoms with Crippen molar-refractivity contribution in [3.63, 3.8) is 0 Å². The SMILES string of the molecule is O=C1NC(=O)N(c2ccc(Br)cc2)C(=O)/C1=C/c1cc(I)c(OCc2ccccc2Cl)c(I)c1. The number of carbonyl (C=O) groups is 3. The standard InChI is InChI=1S/C24H14BrClI2N2O4/c25-15-5-7-16(8-6-15)30-23(32)17(22(31)29-24(30)33)9-13-10-19(27)21(20(28)11-13)34-12-14-3-1-2-4-18(14)26/h1-11H,12H2,(H,29,31,33)/b17-9+. The van der Waals surface area contributed by atoms with Gasteiger partial charge in [-0.1, -0.05) is 45.7 Å². The molecular weight excluding hydrogens is 749 g/mol. The minimum absolute atomic E-state index is 0.140. The Labute approximate surface area is 236 Å². The Balaban J connectivity index is 1.61. The number of urea groups is 1. The van der Waals surface area contributed by atoms with Crippen LogP contribution in [-0.2, 0) is 16.2 Å². The average molecular weight is 764 g/mol. The molecule has 0 aliphatic carbocycles. The fraction of sp³-hybridized carbons (Fsp3) is 0.0417. The summed E-state index contributed by atoms with van der Waals surface area (Å²) in [6, 6.07) is 16.9. The molecule has 0 bridgehead atoms. The summed E-state index contributed by atoms with van der Waals surface area (Å²) in [5.41, 5.74) is 1.71. The van der Waals surface area contributed by atoms with Crippen LogP contribution in [0.15, 0.2) is 70.7 Å². The second kappa shape index (κ2) is 10.8. The van der Waals surface area contributed by atoms with Crippen molar-refractivity contribution in [2.75, 3.05) is 4.90 Å². The number of ether oxygens (including phenoxy) is 1. The van der Waals surface area contributed by atoms with Crippen LogP contribution in [0.1, 0.15) is 11.1 Å². The predicted molar refractivity (Wildman–Crippen MR) is 151 cm³/mol. The Morgan fingerprint density at radius 1 is 1.00 bits per heavy atom. The van der Waals surface area contributed by atoms with Gasteiger partial charge in [-0.05, 0) is 99.3 Å². The van der Waals surface area contributed by atoms with Crippen LogP contribution in [0.3, 0.4) is 0 Å². The molecule has 1 heterocycles. The quantitative estimate of drug-likeness (QED) is 0.182. The van der Waals surface area contributed by atoms with Crippen LogP contribution < -0.4 is 15.0 Å². The number of barbiturate groups is 1. The molecule has 1 aliphatic rings. The summed E-state index contributed by atoms with van der Waals surface area (Å²) in [5.74, 6) is -0.762. The number of benzene rings is 3. The molecule has 1 aliphatic heterocycles. The number of amides is 4. The van der Waals surface area contributed by atoms with E-state index >= 15 is 0 Å². The zero-order valence-electron chi connectivity index (χ0n) is 17.2. The Bertz CT molecular complexity index is 1320. The van der Waals surface area contributed by atoms with Crippen molar-refractivity contribution >= 4 is 102 Å². The van der Waals surface area contributed by atoms with Crippen LogP contribution in [0, 0.1) is 7.14 Å². The highest BCUT2D eigenvalue weighted by molar-refractivity contribution is 14.1. The van der Waals surface area contributed by atoms with E-state index in [0.717, 1.165) is 22.1 Å². The molecule has 4 rings (SSSR count). The van der Waals surface area contributed by atoms with E-state index in [0.29, 0.717) is 28.6 Å². The van der Waals surface area contributed by atoms with E-state index in [1.807, 2.05) is 18.2 Å². The first-order chi connectivity index (χ1) is 16.2. The van der Waals surface area contributed by atoms with Crippen molar-refractivity contribution in [2.45, 2.75) is 6.61 Å². The summed E-state index contributed by atoms with van der Waals surface area (Å²) in [7, 11) is 0. The van der Waals surface area contributed by atoms with Gasteiger partial charge < -0.3 is 4.74 Å². The number of imide groups is 2. The number of carbonyl (C=O) groups excluding carboxylic acids is 3. The number of anilines is 1. The van der Waals surface area contributed by atoms with Crippen LogP contribution in [0.2, 0.25) is 5.02 Å². The van der Waals surface area contributed by atoms with Crippen molar-refractivity contribution in [3.8, 4) is 5.75 Å². The summed E-state index contributed by atoms with van der Waals surface area (Å²) in [4.78, 5) is 38.9. The molecule has 4 amide bonds. The molecular formula is C24H14BrClI2N2O4. The maximum Gasteiger partial charge on any atom is 0.335 e. The highest BCUT2D eigenvalue weighted by Gasteiger charge is 2.36. The zero-order valence-corrected chi connectivity index (χ0v) is 23.8. The smallest absolute Gasteiger partial charge is 0.335 e. The Morgan fingerprint density at radius 3 is 2.29 bits per heavy atom. The molecule has 1 N–H and O–H groups in total. The molecule has 172 valence electrons. The fourth-order valence-corrected chi connectivity index (χ4v) is 5.80. The molecule has 3 aromatic carbocycles. The van der Waals surface area contributed by atoms with E-state index in [2.05, 4.69) is 66.4 Å². The lowest BCUT2D eigenvalue weighted by Crippen LogP contribution is -2.54. The minimum Gasteiger partial charge on any atom is -0.487 e. The summed E-state index contributed by atoms with van der Waals surface area (Å²) in [6.45, 7) is 0.303. The normalized spacial score (nSPS) is 15.0. The molecule has 34 heavy (non-hydrogen) atoms. The minimum atomic E-state index is -0.790. The summed E-state index contributed by atoms with van der Waals surface area (Å²) < 4.78 is 8.40. The lowest BCUT2D eigenvalue weighted by Gasteiger charge is -2.26. The van der Waals surface area contributed by atoms with Gasteiger partial charge in [0.2, 0.25) is 0 Å². The van der Waals surface area contributed by atoms with Gasteiger partial charge in [-0.3, -0.25) is 14.9 Å². The molecule has 0 unspecified atom stereocenters. The van der Waals surface area contributed by atoms with E-state index in [1.165, 1.54) is 6.08 Å². The molecule has 1 fully saturated rings. The van der Waals surface area contributed by atoms with Gasteiger partial charge in [0.15, 0.2) is 0 Å². The third kappa shape index (κ3) is 5.47. The summed E-state index contributed by atoms with van der Waals surface area (Å²) in [5, 5.41) is 2.86. The van der Waals surface area contributed by atoms with Gasteiger partial charge in [0.25, 0.3) is 11.8 Å². The van der Waals surface area contributed by atoms with Crippen molar-refractivity contribution in [3.05, 3.63) is 94.0 Å². The third-order valence-corrected chi connectivity index (χ3v) is 7.35. The molecule has 6 nitrogen and oxygen atoms in total. The first-order valence-corrected chi connectivity index (χ1v) is 13.1. The fourth-order valence-electron chi connectivity index (χ4n) is 3.21. The topological polar surface area (TPSA) is 75.7 Å². The van der Waals surface area contributed by atoms with Crippen molar-refractivity contribution < 1.29 is 19.1 Å². The van der Waals surface area contributed by atoms with Gasteiger partial charge in [-0.25, -0.2) is 9.69 Å². The van der Waals surface area contributed by atoms with Gasteiger partial charge >= 0.3 is 6.03 Å². The number of hydrogen-bond donors (Lipinski definition) is 1. The Hall–Kier alpha value is -1.96. The van der Waals surface area contributed by atoms with Crippen LogP contribution >= 0.6 is 72.7 Å². The van der Waals surface area contributed by atoms with Crippen LogP contribution in [0.25, 0.3) is 6.08 Å². The zero-order chi connectivity index (χ0) is 24.4.